The molecule has 0 N–H and O–H groups in total. The van der Waals surface area contributed by atoms with Gasteiger partial charge >= 0.3 is 0 Å². The van der Waals surface area contributed by atoms with Gasteiger partial charge in [0.15, 0.2) is 11.6 Å². The Morgan fingerprint density at radius 1 is 1.15 bits per heavy atom. The van der Waals surface area contributed by atoms with Gasteiger partial charge in [0.1, 0.15) is 5.75 Å². The number of ether oxygens (including phenoxy) is 2. The molecule has 4 aromatic rings. The van der Waals surface area contributed by atoms with Gasteiger partial charge in [0.05, 0.1) is 11.8 Å². The van der Waals surface area contributed by atoms with E-state index in [0.29, 0.717) is 18.8 Å². The fraction of sp³-hybridized carbons (Fsp3) is 0.308. The van der Waals surface area contributed by atoms with Crippen LogP contribution in [0.1, 0.15) is 18.5 Å². The molecule has 1 amide bonds. The van der Waals surface area contributed by atoms with Gasteiger partial charge in [-0.05, 0) is 25.0 Å². The zero-order valence-electron chi connectivity index (χ0n) is 18.4. The lowest BCUT2D eigenvalue weighted by molar-refractivity contribution is -0.134. The number of aromatic nitrogens is 2. The normalized spacial score (nSPS) is 15.7. The van der Waals surface area contributed by atoms with Crippen LogP contribution < -0.4 is 4.74 Å². The Kier molecular flexibility index (Phi) is 6.69. The second-order valence-corrected chi connectivity index (χ2v) is 9.03. The summed E-state index contributed by atoms with van der Waals surface area (Å²) in [6.07, 6.45) is 4.98. The third-order valence-corrected chi connectivity index (χ3v) is 6.79. The molecule has 3 heterocycles. The number of amides is 1. The maximum Gasteiger partial charge on any atom is 0.260 e. The number of para-hydroxylation sites is 1. The monoisotopic (exact) mass is 461 g/mol. The van der Waals surface area contributed by atoms with Crippen molar-refractivity contribution in [3.8, 4) is 17.0 Å². The van der Waals surface area contributed by atoms with Crippen LogP contribution in [0.25, 0.3) is 16.2 Å². The number of hydrogen-bond acceptors (Lipinski definition) is 5. The Morgan fingerprint density at radius 2 is 1.94 bits per heavy atom. The summed E-state index contributed by atoms with van der Waals surface area (Å²) < 4.78 is 13.7. The molecule has 170 valence electrons. The van der Waals surface area contributed by atoms with E-state index in [-0.39, 0.29) is 18.6 Å². The quantitative estimate of drug-likeness (QED) is 0.363. The Labute approximate surface area is 197 Å². The van der Waals surface area contributed by atoms with E-state index in [4.69, 9.17) is 14.5 Å². The topological polar surface area (TPSA) is 56.1 Å². The van der Waals surface area contributed by atoms with E-state index in [1.165, 1.54) is 0 Å². The van der Waals surface area contributed by atoms with Gasteiger partial charge in [-0.3, -0.25) is 9.20 Å². The van der Waals surface area contributed by atoms with Crippen LogP contribution in [0.15, 0.2) is 72.2 Å². The summed E-state index contributed by atoms with van der Waals surface area (Å²) in [4.78, 5) is 20.7. The number of imidazole rings is 1. The minimum Gasteiger partial charge on any atom is -0.484 e. The molecular weight excluding hydrogens is 434 g/mol. The molecule has 0 saturated carbocycles. The second kappa shape index (κ2) is 10.2. The molecule has 0 aliphatic carbocycles. The summed E-state index contributed by atoms with van der Waals surface area (Å²) in [7, 11) is 0. The molecule has 1 aliphatic heterocycles. The summed E-state index contributed by atoms with van der Waals surface area (Å²) in [6, 6.07) is 19.7. The first kappa shape index (κ1) is 21.7. The minimum absolute atomic E-state index is 0.0172. The van der Waals surface area contributed by atoms with E-state index in [2.05, 4.69) is 28.1 Å². The van der Waals surface area contributed by atoms with Crippen LogP contribution in [0.3, 0.4) is 0 Å². The van der Waals surface area contributed by atoms with Crippen molar-refractivity contribution in [3.05, 3.63) is 77.9 Å². The molecule has 1 unspecified atom stereocenters. The van der Waals surface area contributed by atoms with Gasteiger partial charge in [0, 0.05) is 49.0 Å². The predicted octanol–water partition coefficient (Wildman–Crippen LogP) is 4.69. The molecule has 7 heteroatoms. The van der Waals surface area contributed by atoms with Gasteiger partial charge in [-0.15, -0.1) is 11.3 Å². The molecule has 1 aliphatic rings. The molecule has 1 fully saturated rings. The van der Waals surface area contributed by atoms with E-state index in [9.17, 15) is 4.79 Å². The molecule has 1 atom stereocenters. The number of nitrogens with zero attached hydrogens (tertiary/aromatic N) is 3. The largest absolute Gasteiger partial charge is 0.484 e. The lowest BCUT2D eigenvalue weighted by atomic mass is 10.2. The van der Waals surface area contributed by atoms with Crippen LogP contribution in [0.4, 0.5) is 0 Å². The molecule has 2 aromatic carbocycles. The maximum absolute atomic E-state index is 13.0. The fourth-order valence-electron chi connectivity index (χ4n) is 4.11. The van der Waals surface area contributed by atoms with Crippen molar-refractivity contribution < 1.29 is 14.3 Å². The average Bonchev–Trinajstić information content (AvgIpc) is 3.60. The van der Waals surface area contributed by atoms with Crippen molar-refractivity contribution in [1.29, 1.82) is 0 Å². The summed E-state index contributed by atoms with van der Waals surface area (Å²) in [5.74, 6) is 0.686. The molecule has 33 heavy (non-hydrogen) atoms. The number of carbonyl (C=O) groups is 1. The van der Waals surface area contributed by atoms with Crippen LogP contribution in [-0.2, 0) is 16.0 Å². The van der Waals surface area contributed by atoms with E-state index < -0.39 is 0 Å². The smallest absolute Gasteiger partial charge is 0.260 e. The van der Waals surface area contributed by atoms with Crippen LogP contribution in [0, 0.1) is 0 Å². The van der Waals surface area contributed by atoms with Crippen LogP contribution >= 0.6 is 11.3 Å². The summed E-state index contributed by atoms with van der Waals surface area (Å²) in [5.41, 5.74) is 3.22. The van der Waals surface area contributed by atoms with Crippen molar-refractivity contribution in [3.63, 3.8) is 0 Å². The molecule has 0 spiro atoms. The van der Waals surface area contributed by atoms with Crippen molar-refractivity contribution in [2.24, 2.45) is 0 Å². The third kappa shape index (κ3) is 5.26. The summed E-state index contributed by atoms with van der Waals surface area (Å²) in [6.45, 7) is 2.01. The molecule has 6 nitrogen and oxygen atoms in total. The molecule has 0 bridgehead atoms. The number of benzene rings is 2. The molecule has 5 rings (SSSR count). The number of carbonyl (C=O) groups excluding carboxylic acids is 1. The van der Waals surface area contributed by atoms with Gasteiger partial charge in [0.25, 0.3) is 5.91 Å². The third-order valence-electron chi connectivity index (χ3n) is 5.90. The minimum atomic E-state index is -0.0172. The Hall–Kier alpha value is -3.16. The summed E-state index contributed by atoms with van der Waals surface area (Å²) in [5, 5.41) is 2.13. The van der Waals surface area contributed by atoms with Crippen molar-refractivity contribution in [2.75, 3.05) is 26.3 Å². The first-order valence-electron chi connectivity index (χ1n) is 11.3. The predicted molar refractivity (Wildman–Crippen MR) is 130 cm³/mol. The van der Waals surface area contributed by atoms with E-state index in [1.807, 2.05) is 53.4 Å². The van der Waals surface area contributed by atoms with E-state index in [1.54, 1.807) is 11.3 Å². The molecule has 2 aromatic heterocycles. The molecular formula is C26H27N3O3S. The van der Waals surface area contributed by atoms with Gasteiger partial charge in [-0.2, -0.15) is 0 Å². The zero-order chi connectivity index (χ0) is 22.5. The van der Waals surface area contributed by atoms with Crippen LogP contribution in [-0.4, -0.2) is 52.6 Å². The van der Waals surface area contributed by atoms with E-state index in [0.717, 1.165) is 47.8 Å². The SMILES string of the molecule is O=C(COc1ccccc1)N(CCc1csc2nc(-c3ccccc3)cn12)CC1CCCO1. The van der Waals surface area contributed by atoms with Gasteiger partial charge < -0.3 is 14.4 Å². The Morgan fingerprint density at radius 3 is 2.70 bits per heavy atom. The number of thiazole rings is 1. The van der Waals surface area contributed by atoms with Gasteiger partial charge in [-0.25, -0.2) is 4.98 Å². The standard InChI is InChI=1S/C26H27N3O3S/c30-25(18-32-22-10-5-2-6-11-22)28(16-23-12-7-15-31-23)14-13-21-19-33-26-27-24(17-29(21)26)20-8-3-1-4-9-20/h1-6,8-11,17,19,23H,7,12-16,18H2. The number of hydrogen-bond donors (Lipinski definition) is 0. The number of fused-ring (bicyclic) bond motifs is 1. The fourth-order valence-corrected chi connectivity index (χ4v) is 5.02. The average molecular weight is 462 g/mol. The van der Waals surface area contributed by atoms with E-state index >= 15 is 0 Å². The highest BCUT2D eigenvalue weighted by molar-refractivity contribution is 7.15. The Bertz CT molecular complexity index is 1180. The van der Waals surface area contributed by atoms with Crippen LogP contribution in [0.5, 0.6) is 5.75 Å². The molecule has 0 radical (unpaired) electrons. The first-order chi connectivity index (χ1) is 16.3. The maximum atomic E-state index is 13.0. The van der Waals surface area contributed by atoms with Crippen LogP contribution in [0.2, 0.25) is 0 Å². The second-order valence-electron chi connectivity index (χ2n) is 8.20. The molecule has 1 saturated heterocycles. The highest BCUT2D eigenvalue weighted by atomic mass is 32.1. The lowest BCUT2D eigenvalue weighted by Crippen LogP contribution is -2.41. The van der Waals surface area contributed by atoms with Crippen molar-refractivity contribution in [1.82, 2.24) is 14.3 Å². The number of rotatable bonds is 9. The summed E-state index contributed by atoms with van der Waals surface area (Å²) >= 11 is 1.63. The van der Waals surface area contributed by atoms with Gasteiger partial charge in [-0.1, -0.05) is 48.5 Å². The zero-order valence-corrected chi connectivity index (χ0v) is 19.2. The van der Waals surface area contributed by atoms with Crippen molar-refractivity contribution in [2.45, 2.75) is 25.4 Å². The Balaban J connectivity index is 1.27. The van der Waals surface area contributed by atoms with Crippen molar-refractivity contribution >= 4 is 22.2 Å². The highest BCUT2D eigenvalue weighted by Gasteiger charge is 2.23. The van der Waals surface area contributed by atoms with Gasteiger partial charge in [0.2, 0.25) is 0 Å². The lowest BCUT2D eigenvalue weighted by Gasteiger charge is -2.25. The first-order valence-corrected chi connectivity index (χ1v) is 12.2. The highest BCUT2D eigenvalue weighted by Crippen LogP contribution is 2.24.